The van der Waals surface area contributed by atoms with Gasteiger partial charge in [-0.15, -0.1) is 11.3 Å². The van der Waals surface area contributed by atoms with Crippen LogP contribution in [0.25, 0.3) is 10.2 Å². The van der Waals surface area contributed by atoms with Gasteiger partial charge in [-0.3, -0.25) is 4.79 Å². The van der Waals surface area contributed by atoms with Gasteiger partial charge in [-0.05, 0) is 18.2 Å². The van der Waals surface area contributed by atoms with Crippen LogP contribution in [0.3, 0.4) is 0 Å². The second-order valence-corrected chi connectivity index (χ2v) is 7.55. The number of ether oxygens (including phenoxy) is 1. The fraction of sp³-hybridized carbons (Fsp3) is 0.222. The molecule has 0 N–H and O–H groups in total. The maximum Gasteiger partial charge on any atom is 0.233 e. The van der Waals surface area contributed by atoms with Gasteiger partial charge in [0.25, 0.3) is 0 Å². The highest BCUT2D eigenvalue weighted by Crippen LogP contribution is 2.29. The minimum Gasteiger partial charge on any atom is -0.496 e. The number of aromatic nitrogens is 1. The number of thioether (sulfide) groups is 1. The summed E-state index contributed by atoms with van der Waals surface area (Å²) in [5.41, 5.74) is 1.99. The zero-order valence-corrected chi connectivity index (χ0v) is 15.2. The van der Waals surface area contributed by atoms with Gasteiger partial charge >= 0.3 is 0 Å². The summed E-state index contributed by atoms with van der Waals surface area (Å²) in [4.78, 5) is 18.6. The Labute approximate surface area is 149 Å². The van der Waals surface area contributed by atoms with E-state index in [4.69, 9.17) is 4.74 Å². The second kappa shape index (κ2) is 7.68. The smallest absolute Gasteiger partial charge is 0.233 e. The Hall–Kier alpha value is -2.05. The molecule has 0 fully saturated rings. The van der Waals surface area contributed by atoms with Gasteiger partial charge in [0, 0.05) is 19.2 Å². The number of benzene rings is 2. The number of para-hydroxylation sites is 2. The lowest BCUT2D eigenvalue weighted by Crippen LogP contribution is -2.27. The number of hydrogen-bond donors (Lipinski definition) is 0. The fourth-order valence-electron chi connectivity index (χ4n) is 2.32. The first-order chi connectivity index (χ1) is 11.7. The Bertz CT molecular complexity index is 815. The quantitative estimate of drug-likeness (QED) is 0.623. The molecule has 0 unspecified atom stereocenters. The molecule has 0 spiro atoms. The standard InChI is InChI=1S/C18H18N2O2S2/c1-20(11-13-7-3-5-9-15(13)22-2)17(21)12-23-18-19-14-8-4-6-10-16(14)24-18/h3-10H,11-12H2,1-2H3. The third-order valence-electron chi connectivity index (χ3n) is 3.62. The van der Waals surface area contributed by atoms with Gasteiger partial charge in [0.05, 0.1) is 23.1 Å². The lowest BCUT2D eigenvalue weighted by atomic mass is 10.2. The molecule has 124 valence electrons. The summed E-state index contributed by atoms with van der Waals surface area (Å²) in [5, 5.41) is 0. The van der Waals surface area contributed by atoms with Gasteiger partial charge in [0.2, 0.25) is 5.91 Å². The number of carbonyl (C=O) groups is 1. The predicted octanol–water partition coefficient (Wildman–Crippen LogP) is 4.06. The highest BCUT2D eigenvalue weighted by Gasteiger charge is 2.13. The Kier molecular flexibility index (Phi) is 5.37. The van der Waals surface area contributed by atoms with Gasteiger partial charge in [0.15, 0.2) is 4.34 Å². The van der Waals surface area contributed by atoms with Crippen molar-refractivity contribution in [1.29, 1.82) is 0 Å². The highest BCUT2D eigenvalue weighted by atomic mass is 32.2. The van der Waals surface area contributed by atoms with Crippen LogP contribution in [0, 0.1) is 0 Å². The van der Waals surface area contributed by atoms with E-state index in [1.54, 1.807) is 23.3 Å². The van der Waals surface area contributed by atoms with Crippen molar-refractivity contribution in [3.8, 4) is 5.75 Å². The number of amides is 1. The molecule has 0 aliphatic heterocycles. The first kappa shape index (κ1) is 16.8. The van der Waals surface area contributed by atoms with Crippen LogP contribution in [0.15, 0.2) is 52.9 Å². The van der Waals surface area contributed by atoms with Crippen molar-refractivity contribution in [3.05, 3.63) is 54.1 Å². The van der Waals surface area contributed by atoms with Crippen LogP contribution in [-0.4, -0.2) is 35.7 Å². The van der Waals surface area contributed by atoms with E-state index in [0.717, 1.165) is 25.9 Å². The topological polar surface area (TPSA) is 42.4 Å². The van der Waals surface area contributed by atoms with Crippen LogP contribution in [0.2, 0.25) is 0 Å². The first-order valence-corrected chi connectivity index (χ1v) is 9.32. The largest absolute Gasteiger partial charge is 0.496 e. The molecule has 0 aliphatic carbocycles. The average Bonchev–Trinajstić information content (AvgIpc) is 3.03. The van der Waals surface area contributed by atoms with Crippen LogP contribution in [-0.2, 0) is 11.3 Å². The number of fused-ring (bicyclic) bond motifs is 1. The lowest BCUT2D eigenvalue weighted by Gasteiger charge is -2.18. The Morgan fingerprint density at radius 1 is 1.21 bits per heavy atom. The molecule has 0 saturated heterocycles. The van der Waals surface area contributed by atoms with E-state index in [9.17, 15) is 4.79 Å². The summed E-state index contributed by atoms with van der Waals surface area (Å²) in [7, 11) is 3.46. The van der Waals surface area contributed by atoms with E-state index in [-0.39, 0.29) is 5.91 Å². The van der Waals surface area contributed by atoms with Crippen molar-refractivity contribution in [2.45, 2.75) is 10.9 Å². The molecule has 24 heavy (non-hydrogen) atoms. The highest BCUT2D eigenvalue weighted by molar-refractivity contribution is 8.01. The molecule has 6 heteroatoms. The molecule has 1 aromatic heterocycles. The number of carbonyl (C=O) groups excluding carboxylic acids is 1. The van der Waals surface area contributed by atoms with Crippen molar-refractivity contribution < 1.29 is 9.53 Å². The van der Waals surface area contributed by atoms with Crippen molar-refractivity contribution >= 4 is 39.2 Å². The normalized spacial score (nSPS) is 10.8. The fourth-order valence-corrected chi connectivity index (χ4v) is 4.33. The molecular formula is C18H18N2O2S2. The van der Waals surface area contributed by atoms with E-state index in [2.05, 4.69) is 4.98 Å². The first-order valence-electron chi connectivity index (χ1n) is 7.51. The van der Waals surface area contributed by atoms with E-state index in [1.807, 2.05) is 55.6 Å². The molecule has 0 saturated carbocycles. The van der Waals surface area contributed by atoms with Crippen LogP contribution < -0.4 is 4.74 Å². The Balaban J connectivity index is 1.59. The summed E-state index contributed by atoms with van der Waals surface area (Å²) < 4.78 is 7.41. The van der Waals surface area contributed by atoms with Gasteiger partial charge in [-0.2, -0.15) is 0 Å². The number of nitrogens with zero attached hydrogens (tertiary/aromatic N) is 2. The average molecular weight is 358 g/mol. The summed E-state index contributed by atoms with van der Waals surface area (Å²) in [6.45, 7) is 0.531. The van der Waals surface area contributed by atoms with Crippen molar-refractivity contribution in [3.63, 3.8) is 0 Å². The minimum absolute atomic E-state index is 0.0742. The molecule has 0 radical (unpaired) electrons. The Morgan fingerprint density at radius 2 is 1.96 bits per heavy atom. The molecule has 0 atom stereocenters. The molecule has 1 amide bonds. The molecule has 4 nitrogen and oxygen atoms in total. The van der Waals surface area contributed by atoms with Crippen molar-refractivity contribution in [1.82, 2.24) is 9.88 Å². The molecular weight excluding hydrogens is 340 g/mol. The van der Waals surface area contributed by atoms with Crippen LogP contribution in [0.1, 0.15) is 5.56 Å². The van der Waals surface area contributed by atoms with Gasteiger partial charge in [0.1, 0.15) is 5.75 Å². The molecule has 3 aromatic rings. The Morgan fingerprint density at radius 3 is 2.75 bits per heavy atom. The second-order valence-electron chi connectivity index (χ2n) is 5.30. The van der Waals surface area contributed by atoms with Crippen molar-refractivity contribution in [2.75, 3.05) is 19.9 Å². The molecule has 1 heterocycles. The van der Waals surface area contributed by atoms with E-state index in [0.29, 0.717) is 12.3 Å². The molecule has 0 aliphatic rings. The minimum atomic E-state index is 0.0742. The summed E-state index contributed by atoms with van der Waals surface area (Å²) in [6.07, 6.45) is 0. The summed E-state index contributed by atoms with van der Waals surface area (Å²) in [5.74, 6) is 1.26. The zero-order chi connectivity index (χ0) is 16.9. The zero-order valence-electron chi connectivity index (χ0n) is 13.6. The SMILES string of the molecule is COc1ccccc1CN(C)C(=O)CSc1nc2ccccc2s1. The third-order valence-corrected chi connectivity index (χ3v) is 5.78. The maximum atomic E-state index is 12.4. The van der Waals surface area contributed by atoms with E-state index in [1.165, 1.54) is 11.8 Å². The predicted molar refractivity (Wildman–Crippen MR) is 99.8 cm³/mol. The summed E-state index contributed by atoms with van der Waals surface area (Å²) >= 11 is 3.11. The summed E-state index contributed by atoms with van der Waals surface area (Å²) in [6, 6.07) is 15.8. The lowest BCUT2D eigenvalue weighted by molar-refractivity contribution is -0.127. The third kappa shape index (κ3) is 3.88. The van der Waals surface area contributed by atoms with Gasteiger partial charge in [-0.25, -0.2) is 4.98 Å². The van der Waals surface area contributed by atoms with Gasteiger partial charge < -0.3 is 9.64 Å². The molecule has 3 rings (SSSR count). The monoisotopic (exact) mass is 358 g/mol. The van der Waals surface area contributed by atoms with Crippen LogP contribution in [0.4, 0.5) is 0 Å². The number of hydrogen-bond acceptors (Lipinski definition) is 5. The van der Waals surface area contributed by atoms with E-state index >= 15 is 0 Å². The molecule has 0 bridgehead atoms. The van der Waals surface area contributed by atoms with Crippen LogP contribution in [0.5, 0.6) is 5.75 Å². The van der Waals surface area contributed by atoms with Crippen LogP contribution >= 0.6 is 23.1 Å². The number of rotatable bonds is 6. The molecule has 2 aromatic carbocycles. The van der Waals surface area contributed by atoms with Crippen molar-refractivity contribution in [2.24, 2.45) is 0 Å². The maximum absolute atomic E-state index is 12.4. The van der Waals surface area contributed by atoms with E-state index < -0.39 is 0 Å². The number of thiazole rings is 1. The van der Waals surface area contributed by atoms with Gasteiger partial charge in [-0.1, -0.05) is 42.1 Å². The number of methoxy groups -OCH3 is 1.